The number of nitrogens with one attached hydrogen (secondary N) is 2. The molecule has 3 rings (SSSR count). The van der Waals surface area contributed by atoms with Gasteiger partial charge in [-0.25, -0.2) is 4.79 Å². The van der Waals surface area contributed by atoms with Gasteiger partial charge in [0.25, 0.3) is 0 Å². The summed E-state index contributed by atoms with van der Waals surface area (Å²) in [6, 6.07) is 15.6. The fourth-order valence-corrected chi connectivity index (χ4v) is 4.29. The molecule has 0 spiro atoms. The summed E-state index contributed by atoms with van der Waals surface area (Å²) >= 11 is 0. The van der Waals surface area contributed by atoms with Crippen LogP contribution in [0.15, 0.2) is 54.6 Å². The number of nitrogens with zero attached hydrogens (tertiary/aromatic N) is 1. The van der Waals surface area contributed by atoms with Crippen LogP contribution in [0.4, 0.5) is 4.79 Å². The lowest BCUT2D eigenvalue weighted by molar-refractivity contribution is -0.143. The lowest BCUT2D eigenvalue weighted by Gasteiger charge is -2.35. The zero-order valence-electron chi connectivity index (χ0n) is 22.9. The van der Waals surface area contributed by atoms with Crippen LogP contribution in [0.3, 0.4) is 0 Å². The van der Waals surface area contributed by atoms with Crippen LogP contribution in [0.1, 0.15) is 77.1 Å². The number of hydrogen-bond acceptors (Lipinski definition) is 4. The van der Waals surface area contributed by atoms with Crippen molar-refractivity contribution >= 4 is 17.9 Å². The number of benzene rings is 2. The Hall–Kier alpha value is -3.35. The first-order chi connectivity index (χ1) is 17.5. The molecule has 2 N–H and O–H groups in total. The highest BCUT2D eigenvalue weighted by atomic mass is 16.6. The van der Waals surface area contributed by atoms with Crippen molar-refractivity contribution in [3.8, 4) is 0 Å². The summed E-state index contributed by atoms with van der Waals surface area (Å²) in [5, 5.41) is 5.81. The molecular weight excluding hydrogens is 466 g/mol. The normalized spacial score (nSPS) is 15.0. The first-order valence-corrected chi connectivity index (χ1v) is 13.2. The topological polar surface area (TPSA) is 87.7 Å². The number of amides is 3. The van der Waals surface area contributed by atoms with Crippen LogP contribution in [0.2, 0.25) is 0 Å². The van der Waals surface area contributed by atoms with Crippen molar-refractivity contribution in [3.05, 3.63) is 71.3 Å². The fraction of sp³-hybridized carbons (Fsp3) is 0.500. The zero-order valence-corrected chi connectivity index (χ0v) is 22.9. The van der Waals surface area contributed by atoms with Crippen LogP contribution < -0.4 is 10.6 Å². The van der Waals surface area contributed by atoms with E-state index in [-0.39, 0.29) is 30.3 Å². The average molecular weight is 508 g/mol. The molecule has 1 fully saturated rings. The maximum absolute atomic E-state index is 14.2. The molecule has 0 aromatic heterocycles. The maximum Gasteiger partial charge on any atom is 0.408 e. The second-order valence-electron chi connectivity index (χ2n) is 11.0. The van der Waals surface area contributed by atoms with E-state index in [1.807, 2.05) is 68.4 Å². The molecule has 1 saturated carbocycles. The Labute approximate surface area is 221 Å². The Balaban J connectivity index is 1.99. The Morgan fingerprint density at radius 2 is 1.57 bits per heavy atom. The second-order valence-corrected chi connectivity index (χ2v) is 11.0. The molecule has 0 bridgehead atoms. The van der Waals surface area contributed by atoms with E-state index in [0.717, 1.165) is 36.0 Å². The number of aryl methyl sites for hydroxylation is 1. The third-order valence-corrected chi connectivity index (χ3v) is 6.13. The molecule has 0 aliphatic heterocycles. The van der Waals surface area contributed by atoms with Crippen LogP contribution in [-0.2, 0) is 27.2 Å². The minimum absolute atomic E-state index is 0.0695. The van der Waals surface area contributed by atoms with Crippen molar-refractivity contribution in [2.24, 2.45) is 0 Å². The lowest BCUT2D eigenvalue weighted by atomic mass is 9.98. The van der Waals surface area contributed by atoms with Crippen LogP contribution >= 0.6 is 0 Å². The van der Waals surface area contributed by atoms with Crippen molar-refractivity contribution < 1.29 is 19.1 Å². The van der Waals surface area contributed by atoms with E-state index >= 15 is 0 Å². The van der Waals surface area contributed by atoms with Gasteiger partial charge in [-0.2, -0.15) is 0 Å². The SMILES string of the molecule is CCc1ccc(C(C(=O)NC(C)C)N(C(=O)C(Cc2ccccc2)NC(=O)OC(C)(C)C)C2CC2)cc1. The first-order valence-electron chi connectivity index (χ1n) is 13.2. The molecule has 2 unspecified atom stereocenters. The molecule has 2 aromatic rings. The Morgan fingerprint density at radius 1 is 0.946 bits per heavy atom. The molecule has 1 aliphatic carbocycles. The number of hydrogen-bond donors (Lipinski definition) is 2. The van der Waals surface area contributed by atoms with Gasteiger partial charge in [0.2, 0.25) is 11.8 Å². The van der Waals surface area contributed by atoms with Gasteiger partial charge in [-0.15, -0.1) is 0 Å². The van der Waals surface area contributed by atoms with E-state index < -0.39 is 23.8 Å². The number of carbonyl (C=O) groups excluding carboxylic acids is 3. The van der Waals surface area contributed by atoms with Crippen LogP contribution in [0.5, 0.6) is 0 Å². The summed E-state index contributed by atoms with van der Waals surface area (Å²) < 4.78 is 5.48. The monoisotopic (exact) mass is 507 g/mol. The van der Waals surface area contributed by atoms with Crippen molar-refractivity contribution in [1.29, 1.82) is 0 Å². The molecule has 2 atom stereocenters. The standard InChI is InChI=1S/C30H41N3O4/c1-7-21-13-15-23(16-14-21)26(27(34)31-20(2)3)33(24-17-18-24)28(35)25(19-22-11-9-8-10-12-22)32-29(36)37-30(4,5)6/h8-16,20,24-26H,7,17-19H2,1-6H3,(H,31,34)(H,32,36). The van der Waals surface area contributed by atoms with Crippen molar-refractivity contribution in [3.63, 3.8) is 0 Å². The first kappa shape index (κ1) is 28.2. The summed E-state index contributed by atoms with van der Waals surface area (Å²) in [6.45, 7) is 11.2. The van der Waals surface area contributed by atoms with E-state index in [4.69, 9.17) is 4.74 Å². The number of carbonyl (C=O) groups is 3. The maximum atomic E-state index is 14.2. The van der Waals surface area contributed by atoms with E-state index in [1.54, 1.807) is 25.7 Å². The second kappa shape index (κ2) is 12.3. The summed E-state index contributed by atoms with van der Waals surface area (Å²) in [5.41, 5.74) is 2.11. The highest BCUT2D eigenvalue weighted by molar-refractivity contribution is 5.92. The van der Waals surface area contributed by atoms with Crippen LogP contribution in [-0.4, -0.2) is 46.5 Å². The van der Waals surface area contributed by atoms with Crippen molar-refractivity contribution in [2.45, 2.75) is 97.0 Å². The highest BCUT2D eigenvalue weighted by Gasteiger charge is 2.44. The quantitative estimate of drug-likeness (QED) is 0.477. The molecule has 2 aromatic carbocycles. The largest absolute Gasteiger partial charge is 0.444 e. The van der Waals surface area contributed by atoms with Crippen molar-refractivity contribution in [2.75, 3.05) is 0 Å². The Kier molecular flexibility index (Phi) is 9.35. The number of ether oxygens (including phenoxy) is 1. The van der Waals surface area contributed by atoms with Gasteiger partial charge in [0.1, 0.15) is 17.7 Å². The van der Waals surface area contributed by atoms with E-state index in [1.165, 1.54) is 0 Å². The molecule has 37 heavy (non-hydrogen) atoms. The number of alkyl carbamates (subject to hydrolysis) is 1. The predicted molar refractivity (Wildman–Crippen MR) is 145 cm³/mol. The molecule has 200 valence electrons. The molecular formula is C30H41N3O4. The van der Waals surface area contributed by atoms with Gasteiger partial charge in [0.15, 0.2) is 0 Å². The van der Waals surface area contributed by atoms with Gasteiger partial charge in [0.05, 0.1) is 0 Å². The molecule has 0 saturated heterocycles. The number of rotatable bonds is 10. The third kappa shape index (κ3) is 8.34. The molecule has 1 aliphatic rings. The molecule has 0 radical (unpaired) electrons. The summed E-state index contributed by atoms with van der Waals surface area (Å²) in [4.78, 5) is 42.3. The third-order valence-electron chi connectivity index (χ3n) is 6.13. The van der Waals surface area contributed by atoms with Gasteiger partial charge in [-0.1, -0.05) is 61.5 Å². The Morgan fingerprint density at radius 3 is 2.08 bits per heavy atom. The minimum Gasteiger partial charge on any atom is -0.444 e. The molecule has 7 nitrogen and oxygen atoms in total. The van der Waals surface area contributed by atoms with Gasteiger partial charge < -0.3 is 20.3 Å². The Bertz CT molecular complexity index is 1060. The van der Waals surface area contributed by atoms with Gasteiger partial charge >= 0.3 is 6.09 Å². The molecule has 7 heteroatoms. The van der Waals surface area contributed by atoms with E-state index in [0.29, 0.717) is 0 Å². The van der Waals surface area contributed by atoms with Crippen LogP contribution in [0.25, 0.3) is 0 Å². The minimum atomic E-state index is -0.887. The highest BCUT2D eigenvalue weighted by Crippen LogP contribution is 2.36. The van der Waals surface area contributed by atoms with E-state index in [9.17, 15) is 14.4 Å². The van der Waals surface area contributed by atoms with Gasteiger partial charge in [0, 0.05) is 18.5 Å². The average Bonchev–Trinajstić information content (AvgIpc) is 3.66. The zero-order chi connectivity index (χ0) is 27.2. The van der Waals surface area contributed by atoms with Gasteiger partial charge in [-0.3, -0.25) is 9.59 Å². The summed E-state index contributed by atoms with van der Waals surface area (Å²) in [6.07, 6.45) is 2.14. The van der Waals surface area contributed by atoms with Crippen LogP contribution in [0, 0.1) is 0 Å². The smallest absolute Gasteiger partial charge is 0.408 e. The molecule has 0 heterocycles. The summed E-state index contributed by atoms with van der Waals surface area (Å²) in [7, 11) is 0. The summed E-state index contributed by atoms with van der Waals surface area (Å²) in [5.74, 6) is -0.518. The van der Waals surface area contributed by atoms with E-state index in [2.05, 4.69) is 17.6 Å². The predicted octanol–water partition coefficient (Wildman–Crippen LogP) is 4.94. The fourth-order valence-electron chi connectivity index (χ4n) is 4.29. The molecule has 3 amide bonds. The van der Waals surface area contributed by atoms with Gasteiger partial charge in [-0.05, 0) is 70.6 Å². The lowest BCUT2D eigenvalue weighted by Crippen LogP contribution is -2.55. The van der Waals surface area contributed by atoms with Crippen molar-refractivity contribution in [1.82, 2.24) is 15.5 Å².